The molecule has 0 spiro atoms. The largest absolute Gasteiger partial charge is 0.346 e. The van der Waals surface area contributed by atoms with E-state index < -0.39 is 20.6 Å². The third-order valence-corrected chi connectivity index (χ3v) is 10.5. The SMILES string of the molecule is CCOP(=O)(OCC)C(Cc1cc(I)cnc1Br)P(=O)(OCC)OCC. The molecule has 150 valence electrons. The zero-order valence-electron chi connectivity index (χ0n) is 15.3. The monoisotopic (exact) mass is 583 g/mol. The van der Waals surface area contributed by atoms with Gasteiger partial charge in [-0.1, -0.05) is 0 Å². The quantitative estimate of drug-likeness (QED) is 0.173. The van der Waals surface area contributed by atoms with Gasteiger partial charge in [-0.15, -0.1) is 0 Å². The molecule has 0 saturated heterocycles. The normalized spacial score (nSPS) is 12.7. The van der Waals surface area contributed by atoms with Gasteiger partial charge in [0.05, 0.1) is 26.4 Å². The maximum Gasteiger partial charge on any atom is 0.346 e. The number of nitrogens with zero attached hydrogens (tertiary/aromatic N) is 1. The Kier molecular flexibility index (Phi) is 11.0. The Balaban J connectivity index is 3.46. The lowest BCUT2D eigenvalue weighted by atomic mass is 10.2. The summed E-state index contributed by atoms with van der Waals surface area (Å²) < 4.78 is 50.4. The summed E-state index contributed by atoms with van der Waals surface area (Å²) in [7, 11) is -7.55. The van der Waals surface area contributed by atoms with Crippen molar-refractivity contribution in [1.29, 1.82) is 0 Å². The van der Waals surface area contributed by atoms with Crippen LogP contribution in [0.3, 0.4) is 0 Å². The number of hydrogen-bond acceptors (Lipinski definition) is 7. The molecule has 0 aromatic carbocycles. The molecule has 26 heavy (non-hydrogen) atoms. The van der Waals surface area contributed by atoms with Gasteiger partial charge in [0.25, 0.3) is 0 Å². The van der Waals surface area contributed by atoms with Gasteiger partial charge >= 0.3 is 15.2 Å². The van der Waals surface area contributed by atoms with Crippen LogP contribution in [0, 0.1) is 3.57 Å². The highest BCUT2D eigenvalue weighted by Gasteiger charge is 2.50. The molecule has 0 aliphatic heterocycles. The zero-order chi connectivity index (χ0) is 19.8. The highest BCUT2D eigenvalue weighted by molar-refractivity contribution is 14.1. The van der Waals surface area contributed by atoms with E-state index in [1.807, 2.05) is 6.07 Å². The van der Waals surface area contributed by atoms with E-state index in [2.05, 4.69) is 43.5 Å². The van der Waals surface area contributed by atoms with Gasteiger partial charge in [0.15, 0.2) is 5.40 Å². The van der Waals surface area contributed by atoms with Crippen molar-refractivity contribution in [1.82, 2.24) is 4.98 Å². The molecule has 1 aromatic heterocycles. The molecule has 0 unspecified atom stereocenters. The fraction of sp³-hybridized carbons (Fsp3) is 0.667. The van der Waals surface area contributed by atoms with Crippen LogP contribution < -0.4 is 0 Å². The van der Waals surface area contributed by atoms with Gasteiger partial charge in [-0.25, -0.2) is 4.98 Å². The molecule has 0 saturated carbocycles. The van der Waals surface area contributed by atoms with Gasteiger partial charge in [0.1, 0.15) is 4.60 Å². The third-order valence-electron chi connectivity index (χ3n) is 3.25. The molecule has 7 nitrogen and oxygen atoms in total. The second kappa shape index (κ2) is 11.6. The van der Waals surface area contributed by atoms with Gasteiger partial charge in [-0.05, 0) is 77.8 Å². The molecule has 0 aliphatic carbocycles. The molecule has 1 aromatic rings. The van der Waals surface area contributed by atoms with Crippen LogP contribution in [0.2, 0.25) is 0 Å². The van der Waals surface area contributed by atoms with Crippen LogP contribution in [-0.2, 0) is 33.6 Å². The summed E-state index contributed by atoms with van der Waals surface area (Å²) in [6, 6.07) is 1.87. The van der Waals surface area contributed by atoms with Gasteiger partial charge in [0, 0.05) is 16.2 Å². The van der Waals surface area contributed by atoms with Crippen molar-refractivity contribution in [3.63, 3.8) is 0 Å². The molecule has 0 aliphatic rings. The van der Waals surface area contributed by atoms with Crippen molar-refractivity contribution >= 4 is 53.7 Å². The molecule has 0 radical (unpaired) electrons. The fourth-order valence-corrected chi connectivity index (χ4v) is 8.54. The van der Waals surface area contributed by atoms with Crippen molar-refractivity contribution in [3.05, 3.63) is 26.0 Å². The Morgan fingerprint density at radius 3 is 1.81 bits per heavy atom. The Morgan fingerprint density at radius 1 is 1.00 bits per heavy atom. The average Bonchev–Trinajstić information content (AvgIpc) is 2.56. The molecule has 0 N–H and O–H groups in total. The van der Waals surface area contributed by atoms with E-state index in [0.29, 0.717) is 4.60 Å². The first kappa shape index (κ1) is 24.7. The second-order valence-electron chi connectivity index (χ2n) is 5.04. The van der Waals surface area contributed by atoms with Crippen molar-refractivity contribution < 1.29 is 27.2 Å². The summed E-state index contributed by atoms with van der Waals surface area (Å²) in [6.45, 7) is 7.43. The van der Waals surface area contributed by atoms with Gasteiger partial charge < -0.3 is 18.1 Å². The van der Waals surface area contributed by atoms with Crippen LogP contribution in [0.1, 0.15) is 33.3 Å². The smallest absolute Gasteiger partial charge is 0.308 e. The Hall–Kier alpha value is 0.660. The van der Waals surface area contributed by atoms with E-state index in [0.717, 1.165) is 9.13 Å². The molecule has 0 amide bonds. The van der Waals surface area contributed by atoms with Crippen LogP contribution >= 0.6 is 53.7 Å². The summed E-state index contributed by atoms with van der Waals surface area (Å²) in [5, 5.41) is -1.09. The first-order valence-corrected chi connectivity index (χ1v) is 13.4. The highest BCUT2D eigenvalue weighted by atomic mass is 127. The van der Waals surface area contributed by atoms with Crippen molar-refractivity contribution in [2.24, 2.45) is 0 Å². The van der Waals surface area contributed by atoms with Gasteiger partial charge in [-0.3, -0.25) is 9.13 Å². The van der Waals surface area contributed by atoms with E-state index in [1.54, 1.807) is 33.9 Å². The maximum atomic E-state index is 13.5. The number of hydrogen-bond donors (Lipinski definition) is 0. The fourth-order valence-electron chi connectivity index (χ4n) is 2.34. The minimum Gasteiger partial charge on any atom is -0.308 e. The second-order valence-corrected chi connectivity index (χ2v) is 11.9. The summed E-state index contributed by atoms with van der Waals surface area (Å²) in [4.78, 5) is 4.25. The third kappa shape index (κ3) is 6.62. The van der Waals surface area contributed by atoms with Crippen LogP contribution in [-0.4, -0.2) is 36.8 Å². The van der Waals surface area contributed by atoms with E-state index in [4.69, 9.17) is 18.1 Å². The van der Waals surface area contributed by atoms with Crippen LogP contribution in [0.4, 0.5) is 0 Å². The first-order valence-electron chi connectivity index (χ1n) is 8.33. The molecule has 11 heteroatoms. The Bertz CT molecular complexity index is 628. The van der Waals surface area contributed by atoms with Crippen molar-refractivity contribution in [2.45, 2.75) is 39.5 Å². The number of pyridine rings is 1. The van der Waals surface area contributed by atoms with Crippen LogP contribution in [0.15, 0.2) is 16.9 Å². The van der Waals surface area contributed by atoms with Gasteiger partial charge in [-0.2, -0.15) is 0 Å². The average molecular weight is 584 g/mol. The van der Waals surface area contributed by atoms with E-state index in [9.17, 15) is 9.13 Å². The van der Waals surface area contributed by atoms with Crippen molar-refractivity contribution in [2.75, 3.05) is 26.4 Å². The molecule has 1 heterocycles. The number of aromatic nitrogens is 1. The predicted molar refractivity (Wildman–Crippen MR) is 114 cm³/mol. The summed E-state index contributed by atoms with van der Waals surface area (Å²) >= 11 is 5.52. The maximum absolute atomic E-state index is 13.5. The van der Waals surface area contributed by atoms with Crippen molar-refractivity contribution in [3.8, 4) is 0 Å². The predicted octanol–water partition coefficient (Wildman–Crippen LogP) is 5.85. The minimum absolute atomic E-state index is 0.110. The summed E-state index contributed by atoms with van der Waals surface area (Å²) in [6.07, 6.45) is 1.80. The standard InChI is InChI=1S/C15H25BrINO6P2/c1-5-21-25(19,22-6-2)14(26(20,23-7-3)24-8-4)10-12-9-13(17)11-18-15(12)16/h9,11,14H,5-8,10H2,1-4H3. The number of rotatable bonds is 12. The van der Waals surface area contributed by atoms with E-state index in [1.165, 1.54) is 0 Å². The lowest BCUT2D eigenvalue weighted by molar-refractivity contribution is 0.195. The van der Waals surface area contributed by atoms with Crippen LogP contribution in [0.5, 0.6) is 0 Å². The zero-order valence-corrected chi connectivity index (χ0v) is 20.8. The molecule has 1 rings (SSSR count). The number of halogens is 2. The highest BCUT2D eigenvalue weighted by Crippen LogP contribution is 2.71. The Labute approximate surface area is 177 Å². The van der Waals surface area contributed by atoms with Crippen LogP contribution in [0.25, 0.3) is 0 Å². The summed E-state index contributed by atoms with van der Waals surface area (Å²) in [5.74, 6) is 0. The molecule has 0 atom stereocenters. The Morgan fingerprint density at radius 2 is 1.42 bits per heavy atom. The molecular formula is C15H25BrINO6P2. The van der Waals surface area contributed by atoms with E-state index in [-0.39, 0.29) is 32.8 Å². The lowest BCUT2D eigenvalue weighted by Crippen LogP contribution is -2.20. The topological polar surface area (TPSA) is 84.0 Å². The molecule has 0 fully saturated rings. The lowest BCUT2D eigenvalue weighted by Gasteiger charge is -2.31. The molecule has 0 bridgehead atoms. The first-order chi connectivity index (χ1) is 12.3. The summed E-state index contributed by atoms with van der Waals surface area (Å²) in [5.41, 5.74) is 0.723. The van der Waals surface area contributed by atoms with Gasteiger partial charge in [0.2, 0.25) is 0 Å². The molecular weight excluding hydrogens is 559 g/mol. The minimum atomic E-state index is -3.78. The van der Waals surface area contributed by atoms with E-state index >= 15 is 0 Å².